The Morgan fingerprint density at radius 3 is 2.18 bits per heavy atom. The first-order valence-corrected chi connectivity index (χ1v) is 7.41. The van der Waals surface area contributed by atoms with Crippen LogP contribution in [0.4, 0.5) is 0 Å². The predicted octanol–water partition coefficient (Wildman–Crippen LogP) is 3.18. The highest BCUT2D eigenvalue weighted by molar-refractivity contribution is 5.67. The summed E-state index contributed by atoms with van der Waals surface area (Å²) in [6.07, 6.45) is 1.58. The summed E-state index contributed by atoms with van der Waals surface area (Å²) in [7, 11) is 0. The van der Waals surface area contributed by atoms with E-state index in [2.05, 4.69) is 5.48 Å². The highest BCUT2D eigenvalue weighted by atomic mass is 16.6. The molecule has 4 nitrogen and oxygen atoms in total. The van der Waals surface area contributed by atoms with E-state index in [1.807, 2.05) is 60.7 Å². The molecule has 1 atom stereocenters. The van der Waals surface area contributed by atoms with Gasteiger partial charge in [0.25, 0.3) is 0 Å². The van der Waals surface area contributed by atoms with Crippen LogP contribution in [0.3, 0.4) is 0 Å². The van der Waals surface area contributed by atoms with Crippen molar-refractivity contribution in [2.24, 2.45) is 0 Å². The van der Waals surface area contributed by atoms with Crippen molar-refractivity contribution < 1.29 is 14.7 Å². The molecule has 0 bridgehead atoms. The van der Waals surface area contributed by atoms with Gasteiger partial charge in [-0.05, 0) is 24.0 Å². The summed E-state index contributed by atoms with van der Waals surface area (Å²) in [6, 6.07) is 19.6. The van der Waals surface area contributed by atoms with Crippen LogP contribution in [0.15, 0.2) is 60.7 Å². The van der Waals surface area contributed by atoms with Gasteiger partial charge in [0.15, 0.2) is 0 Å². The van der Waals surface area contributed by atoms with Crippen LogP contribution in [0.25, 0.3) is 0 Å². The molecule has 0 aliphatic heterocycles. The Labute approximate surface area is 130 Å². The number of rotatable bonds is 9. The van der Waals surface area contributed by atoms with E-state index in [0.29, 0.717) is 13.0 Å². The maximum atomic E-state index is 11.0. The van der Waals surface area contributed by atoms with Gasteiger partial charge in [-0.25, -0.2) is 0 Å². The highest BCUT2D eigenvalue weighted by Crippen LogP contribution is 2.08. The van der Waals surface area contributed by atoms with Crippen molar-refractivity contribution in [1.82, 2.24) is 5.48 Å². The summed E-state index contributed by atoms with van der Waals surface area (Å²) < 4.78 is 0. The molecule has 4 heteroatoms. The molecular formula is C18H21NO3. The summed E-state index contributed by atoms with van der Waals surface area (Å²) in [5.74, 6) is -0.825. The predicted molar refractivity (Wildman–Crippen MR) is 85.2 cm³/mol. The molecule has 116 valence electrons. The summed E-state index contributed by atoms with van der Waals surface area (Å²) in [5, 5.41) is 9.00. The van der Waals surface area contributed by atoms with Gasteiger partial charge < -0.3 is 5.11 Å². The zero-order valence-electron chi connectivity index (χ0n) is 12.4. The molecule has 0 saturated heterocycles. The van der Waals surface area contributed by atoms with Crippen LogP contribution in [0.1, 0.15) is 24.0 Å². The Balaban J connectivity index is 1.79. The van der Waals surface area contributed by atoms with Gasteiger partial charge in [-0.3, -0.25) is 9.63 Å². The quantitative estimate of drug-likeness (QED) is 0.698. The SMILES string of the molecule is O=C(O)CC(CCc1ccccc1)NOCc1ccccc1. The van der Waals surface area contributed by atoms with Crippen LogP contribution in [0.2, 0.25) is 0 Å². The minimum Gasteiger partial charge on any atom is -0.481 e. The van der Waals surface area contributed by atoms with Gasteiger partial charge in [0.2, 0.25) is 0 Å². The van der Waals surface area contributed by atoms with Crippen LogP contribution in [-0.4, -0.2) is 17.1 Å². The first-order valence-electron chi connectivity index (χ1n) is 7.41. The van der Waals surface area contributed by atoms with Gasteiger partial charge in [0.05, 0.1) is 13.0 Å². The Morgan fingerprint density at radius 1 is 1.00 bits per heavy atom. The average Bonchev–Trinajstić information content (AvgIpc) is 2.54. The second kappa shape index (κ2) is 8.97. The molecule has 0 spiro atoms. The first kappa shape index (κ1) is 16.2. The van der Waals surface area contributed by atoms with Crippen LogP contribution < -0.4 is 5.48 Å². The van der Waals surface area contributed by atoms with Crippen molar-refractivity contribution >= 4 is 5.97 Å². The maximum Gasteiger partial charge on any atom is 0.305 e. The molecule has 0 heterocycles. The van der Waals surface area contributed by atoms with E-state index in [4.69, 9.17) is 9.94 Å². The van der Waals surface area contributed by atoms with Gasteiger partial charge in [0, 0.05) is 6.04 Å². The lowest BCUT2D eigenvalue weighted by Gasteiger charge is -2.16. The fourth-order valence-corrected chi connectivity index (χ4v) is 2.22. The zero-order chi connectivity index (χ0) is 15.6. The molecule has 2 N–H and O–H groups in total. The summed E-state index contributed by atoms with van der Waals surface area (Å²) >= 11 is 0. The lowest BCUT2D eigenvalue weighted by Crippen LogP contribution is -2.32. The van der Waals surface area contributed by atoms with E-state index in [9.17, 15) is 4.79 Å². The maximum absolute atomic E-state index is 11.0. The molecule has 0 aliphatic rings. The van der Waals surface area contributed by atoms with E-state index in [0.717, 1.165) is 12.0 Å². The van der Waals surface area contributed by atoms with Gasteiger partial charge in [-0.15, -0.1) is 0 Å². The summed E-state index contributed by atoms with van der Waals surface area (Å²) in [4.78, 5) is 16.4. The molecule has 22 heavy (non-hydrogen) atoms. The van der Waals surface area contributed by atoms with Crippen molar-refractivity contribution in [3.8, 4) is 0 Å². The Kier molecular flexibility index (Phi) is 6.61. The van der Waals surface area contributed by atoms with Gasteiger partial charge >= 0.3 is 5.97 Å². The lowest BCUT2D eigenvalue weighted by molar-refractivity contribution is -0.138. The van der Waals surface area contributed by atoms with Crippen LogP contribution >= 0.6 is 0 Å². The number of aryl methyl sites for hydroxylation is 1. The van der Waals surface area contributed by atoms with E-state index in [1.165, 1.54) is 5.56 Å². The largest absolute Gasteiger partial charge is 0.481 e. The van der Waals surface area contributed by atoms with E-state index in [1.54, 1.807) is 0 Å². The molecule has 0 amide bonds. The standard InChI is InChI=1S/C18H21NO3/c20-18(21)13-17(12-11-15-7-3-1-4-8-15)19-22-14-16-9-5-2-6-10-16/h1-10,17,19H,11-14H2,(H,20,21). The molecule has 1 unspecified atom stereocenters. The number of carboxylic acid groups (broad SMARTS) is 1. The Bertz CT molecular complexity index is 557. The number of carbonyl (C=O) groups is 1. The third-order valence-electron chi connectivity index (χ3n) is 3.38. The topological polar surface area (TPSA) is 58.6 Å². The second-order valence-corrected chi connectivity index (χ2v) is 5.21. The molecule has 2 aromatic carbocycles. The monoisotopic (exact) mass is 299 g/mol. The number of hydrogen-bond donors (Lipinski definition) is 2. The number of hydrogen-bond acceptors (Lipinski definition) is 3. The van der Waals surface area contributed by atoms with E-state index >= 15 is 0 Å². The van der Waals surface area contributed by atoms with Gasteiger partial charge in [0.1, 0.15) is 0 Å². The third kappa shape index (κ3) is 6.08. The minimum atomic E-state index is -0.825. The normalized spacial score (nSPS) is 12.0. The third-order valence-corrected chi connectivity index (χ3v) is 3.38. The van der Waals surface area contributed by atoms with E-state index < -0.39 is 5.97 Å². The molecule has 0 aromatic heterocycles. The Morgan fingerprint density at radius 2 is 1.59 bits per heavy atom. The smallest absolute Gasteiger partial charge is 0.305 e. The fourth-order valence-electron chi connectivity index (χ4n) is 2.22. The molecular weight excluding hydrogens is 278 g/mol. The van der Waals surface area contributed by atoms with Crippen LogP contribution in [0.5, 0.6) is 0 Å². The molecule has 0 radical (unpaired) electrons. The number of benzene rings is 2. The Hall–Kier alpha value is -2.17. The van der Waals surface area contributed by atoms with Crippen molar-refractivity contribution in [3.05, 3.63) is 71.8 Å². The van der Waals surface area contributed by atoms with Crippen molar-refractivity contribution in [3.63, 3.8) is 0 Å². The molecule has 0 fully saturated rings. The average molecular weight is 299 g/mol. The van der Waals surface area contributed by atoms with Crippen molar-refractivity contribution in [1.29, 1.82) is 0 Å². The first-order chi connectivity index (χ1) is 10.7. The van der Waals surface area contributed by atoms with Crippen molar-refractivity contribution in [2.75, 3.05) is 0 Å². The number of hydroxylamine groups is 1. The minimum absolute atomic E-state index is 0.0433. The highest BCUT2D eigenvalue weighted by Gasteiger charge is 2.13. The lowest BCUT2D eigenvalue weighted by atomic mass is 10.0. The van der Waals surface area contributed by atoms with Crippen LogP contribution in [0, 0.1) is 0 Å². The molecule has 2 rings (SSSR count). The fraction of sp³-hybridized carbons (Fsp3) is 0.278. The summed E-state index contributed by atoms with van der Waals surface area (Å²) in [6.45, 7) is 0.419. The molecule has 0 aliphatic carbocycles. The zero-order valence-corrected chi connectivity index (χ0v) is 12.4. The van der Waals surface area contributed by atoms with E-state index in [-0.39, 0.29) is 12.5 Å². The number of carboxylic acids is 1. The number of nitrogens with one attached hydrogen (secondary N) is 1. The summed E-state index contributed by atoms with van der Waals surface area (Å²) in [5.41, 5.74) is 5.13. The molecule has 2 aromatic rings. The van der Waals surface area contributed by atoms with Gasteiger partial charge in [-0.1, -0.05) is 60.7 Å². The molecule has 0 saturated carbocycles. The van der Waals surface area contributed by atoms with Crippen molar-refractivity contribution in [2.45, 2.75) is 31.9 Å². The van der Waals surface area contributed by atoms with Gasteiger partial charge in [-0.2, -0.15) is 5.48 Å². The number of aliphatic carboxylic acids is 1. The van der Waals surface area contributed by atoms with Crippen LogP contribution in [-0.2, 0) is 22.7 Å². The second-order valence-electron chi connectivity index (χ2n) is 5.21.